The molecule has 0 aromatic rings. The molecule has 0 atom stereocenters. The van der Waals surface area contributed by atoms with Gasteiger partial charge in [0, 0.05) is 0 Å². The van der Waals surface area contributed by atoms with Crippen LogP contribution in [-0.2, 0) is 0 Å². The molecule has 112 valence electrons. The monoisotopic (exact) mass is 268 g/mol. The lowest BCUT2D eigenvalue weighted by molar-refractivity contribution is -0.0146. The van der Waals surface area contributed by atoms with Gasteiger partial charge < -0.3 is 10.2 Å². The van der Waals surface area contributed by atoms with E-state index in [-0.39, 0.29) is 12.2 Å². The maximum absolute atomic E-state index is 9.73. The Morgan fingerprint density at radius 2 is 1.16 bits per heavy atom. The van der Waals surface area contributed by atoms with Crippen LogP contribution in [0, 0.1) is 17.3 Å². The fourth-order valence-electron chi connectivity index (χ4n) is 4.75. The van der Waals surface area contributed by atoms with Crippen molar-refractivity contribution in [2.45, 2.75) is 90.3 Å². The highest BCUT2D eigenvalue weighted by molar-refractivity contribution is 4.93. The van der Waals surface area contributed by atoms with Crippen LogP contribution >= 0.6 is 0 Å². The molecule has 2 fully saturated rings. The van der Waals surface area contributed by atoms with E-state index in [0.717, 1.165) is 37.5 Å². The van der Waals surface area contributed by atoms with Crippen LogP contribution in [0.4, 0.5) is 0 Å². The third kappa shape index (κ3) is 3.52. The molecular weight excluding hydrogens is 236 g/mol. The van der Waals surface area contributed by atoms with Crippen molar-refractivity contribution in [2.75, 3.05) is 0 Å². The number of aliphatic hydroxyl groups excluding tert-OH is 2. The molecule has 2 rings (SSSR count). The Morgan fingerprint density at radius 3 is 1.47 bits per heavy atom. The topological polar surface area (TPSA) is 40.5 Å². The molecule has 0 bridgehead atoms. The maximum atomic E-state index is 9.73. The van der Waals surface area contributed by atoms with Crippen LogP contribution in [0.2, 0.25) is 0 Å². The summed E-state index contributed by atoms with van der Waals surface area (Å²) < 4.78 is 0. The van der Waals surface area contributed by atoms with E-state index in [0.29, 0.717) is 5.41 Å². The van der Waals surface area contributed by atoms with Crippen molar-refractivity contribution in [1.82, 2.24) is 0 Å². The molecule has 2 saturated carbocycles. The molecule has 0 amide bonds. The van der Waals surface area contributed by atoms with Crippen molar-refractivity contribution in [3.05, 3.63) is 0 Å². The van der Waals surface area contributed by atoms with Crippen LogP contribution in [0.25, 0.3) is 0 Å². The minimum absolute atomic E-state index is 0.0460. The SMILES string of the molecule is CCCC(C)(C1CCC(O)CC1)C1CCC(O)CC1. The van der Waals surface area contributed by atoms with Gasteiger partial charge in [0.05, 0.1) is 12.2 Å². The molecule has 0 spiro atoms. The molecule has 0 aliphatic heterocycles. The zero-order chi connectivity index (χ0) is 13.9. The third-order valence-electron chi connectivity index (χ3n) is 6.05. The Labute approximate surface area is 118 Å². The van der Waals surface area contributed by atoms with Crippen molar-refractivity contribution >= 4 is 0 Å². The summed E-state index contributed by atoms with van der Waals surface area (Å²) in [5, 5.41) is 19.5. The first kappa shape index (κ1) is 15.3. The standard InChI is InChI=1S/C17H32O2/c1-3-12-17(2,13-4-8-15(18)9-5-13)14-6-10-16(19)11-7-14/h13-16,18-19H,3-12H2,1-2H3. The quantitative estimate of drug-likeness (QED) is 0.812. The Balaban J connectivity index is 2.03. The molecule has 2 nitrogen and oxygen atoms in total. The minimum atomic E-state index is -0.0460. The van der Waals surface area contributed by atoms with Gasteiger partial charge in [-0.2, -0.15) is 0 Å². The normalized spacial score (nSPS) is 39.8. The summed E-state index contributed by atoms with van der Waals surface area (Å²) in [6.07, 6.45) is 11.3. The zero-order valence-corrected chi connectivity index (χ0v) is 12.8. The molecule has 0 aromatic heterocycles. The fourth-order valence-corrected chi connectivity index (χ4v) is 4.75. The maximum Gasteiger partial charge on any atom is 0.0540 e. The van der Waals surface area contributed by atoms with E-state index in [2.05, 4.69) is 13.8 Å². The van der Waals surface area contributed by atoms with Crippen molar-refractivity contribution in [2.24, 2.45) is 17.3 Å². The first-order valence-corrected chi connectivity index (χ1v) is 8.42. The lowest BCUT2D eigenvalue weighted by atomic mass is 9.58. The van der Waals surface area contributed by atoms with Gasteiger partial charge >= 0.3 is 0 Å². The first-order chi connectivity index (χ1) is 9.06. The van der Waals surface area contributed by atoms with Crippen LogP contribution < -0.4 is 0 Å². The fraction of sp³-hybridized carbons (Fsp3) is 1.00. The molecule has 0 radical (unpaired) electrons. The highest BCUT2D eigenvalue weighted by atomic mass is 16.3. The van der Waals surface area contributed by atoms with Gasteiger partial charge in [0.1, 0.15) is 0 Å². The second kappa shape index (κ2) is 6.58. The molecular formula is C17H32O2. The zero-order valence-electron chi connectivity index (χ0n) is 12.8. The van der Waals surface area contributed by atoms with Gasteiger partial charge in [-0.25, -0.2) is 0 Å². The summed E-state index contributed by atoms with van der Waals surface area (Å²) in [7, 11) is 0. The molecule has 2 N–H and O–H groups in total. The molecule has 0 saturated heterocycles. The first-order valence-electron chi connectivity index (χ1n) is 8.42. The molecule has 0 aromatic carbocycles. The molecule has 2 aliphatic rings. The number of hydrogen-bond acceptors (Lipinski definition) is 2. The van der Waals surface area contributed by atoms with Gasteiger partial charge in [-0.3, -0.25) is 0 Å². The van der Waals surface area contributed by atoms with Gasteiger partial charge in [-0.15, -0.1) is 0 Å². The molecule has 0 heterocycles. The van der Waals surface area contributed by atoms with Crippen LogP contribution in [0.15, 0.2) is 0 Å². The molecule has 0 unspecified atom stereocenters. The van der Waals surface area contributed by atoms with Crippen LogP contribution in [-0.4, -0.2) is 22.4 Å². The summed E-state index contributed by atoms with van der Waals surface area (Å²) in [5.41, 5.74) is 0.440. The lowest BCUT2D eigenvalue weighted by Crippen LogP contribution is -2.40. The van der Waals surface area contributed by atoms with E-state index in [1.54, 1.807) is 0 Å². The van der Waals surface area contributed by atoms with E-state index in [1.165, 1.54) is 38.5 Å². The summed E-state index contributed by atoms with van der Waals surface area (Å²) in [4.78, 5) is 0. The molecule has 2 aliphatic carbocycles. The van der Waals surface area contributed by atoms with E-state index in [4.69, 9.17) is 0 Å². The van der Waals surface area contributed by atoms with Crippen molar-refractivity contribution in [3.63, 3.8) is 0 Å². The second-order valence-electron chi connectivity index (χ2n) is 7.27. The summed E-state index contributed by atoms with van der Waals surface area (Å²) >= 11 is 0. The average molecular weight is 268 g/mol. The Bertz CT molecular complexity index is 238. The van der Waals surface area contributed by atoms with Crippen LogP contribution in [0.3, 0.4) is 0 Å². The second-order valence-corrected chi connectivity index (χ2v) is 7.27. The largest absolute Gasteiger partial charge is 0.393 e. The van der Waals surface area contributed by atoms with E-state index >= 15 is 0 Å². The summed E-state index contributed by atoms with van der Waals surface area (Å²) in [5.74, 6) is 1.58. The van der Waals surface area contributed by atoms with Gasteiger partial charge in [-0.05, 0) is 75.0 Å². The molecule has 2 heteroatoms. The minimum Gasteiger partial charge on any atom is -0.393 e. The van der Waals surface area contributed by atoms with Crippen LogP contribution in [0.1, 0.15) is 78.1 Å². The Hall–Kier alpha value is -0.0800. The van der Waals surface area contributed by atoms with Crippen molar-refractivity contribution in [1.29, 1.82) is 0 Å². The van der Waals surface area contributed by atoms with E-state index in [1.807, 2.05) is 0 Å². The summed E-state index contributed by atoms with van der Waals surface area (Å²) in [6.45, 7) is 4.80. The number of aliphatic hydroxyl groups is 2. The smallest absolute Gasteiger partial charge is 0.0540 e. The Morgan fingerprint density at radius 1 is 0.789 bits per heavy atom. The van der Waals surface area contributed by atoms with E-state index in [9.17, 15) is 10.2 Å². The predicted octanol–water partition coefficient (Wildman–Crippen LogP) is 3.90. The van der Waals surface area contributed by atoms with Gasteiger partial charge in [-0.1, -0.05) is 20.3 Å². The Kier molecular flexibility index (Phi) is 5.30. The predicted molar refractivity (Wildman–Crippen MR) is 78.9 cm³/mol. The highest BCUT2D eigenvalue weighted by Crippen LogP contribution is 2.51. The van der Waals surface area contributed by atoms with E-state index < -0.39 is 0 Å². The highest BCUT2D eigenvalue weighted by Gasteiger charge is 2.42. The lowest BCUT2D eigenvalue weighted by Gasteiger charge is -2.48. The third-order valence-corrected chi connectivity index (χ3v) is 6.05. The van der Waals surface area contributed by atoms with Gasteiger partial charge in [0.25, 0.3) is 0 Å². The summed E-state index contributed by atoms with van der Waals surface area (Å²) in [6, 6.07) is 0. The van der Waals surface area contributed by atoms with Gasteiger partial charge in [0.2, 0.25) is 0 Å². The number of rotatable bonds is 4. The van der Waals surface area contributed by atoms with Gasteiger partial charge in [0.15, 0.2) is 0 Å². The number of hydrogen-bond donors (Lipinski definition) is 2. The van der Waals surface area contributed by atoms with Crippen molar-refractivity contribution in [3.8, 4) is 0 Å². The molecule has 19 heavy (non-hydrogen) atoms. The van der Waals surface area contributed by atoms with Crippen molar-refractivity contribution < 1.29 is 10.2 Å². The van der Waals surface area contributed by atoms with Crippen LogP contribution in [0.5, 0.6) is 0 Å². The average Bonchev–Trinajstić information content (AvgIpc) is 2.40.